The first-order valence-corrected chi connectivity index (χ1v) is 5.00. The fourth-order valence-corrected chi connectivity index (χ4v) is 1.52. The van der Waals surface area contributed by atoms with Gasteiger partial charge in [-0.1, -0.05) is 60.7 Å². The van der Waals surface area contributed by atoms with E-state index in [0.717, 1.165) is 11.1 Å². The maximum absolute atomic E-state index is 9.89. The zero-order chi connectivity index (χ0) is 10.5. The van der Waals surface area contributed by atoms with Crippen LogP contribution in [0.1, 0.15) is 11.1 Å². The molecule has 0 aromatic heterocycles. The van der Waals surface area contributed by atoms with E-state index in [0.29, 0.717) is 12.5 Å². The highest BCUT2D eigenvalue weighted by Crippen LogP contribution is 2.16. The Morgan fingerprint density at radius 3 is 1.93 bits per heavy atom. The van der Waals surface area contributed by atoms with Crippen LogP contribution in [-0.2, 0) is 6.42 Å². The SMILES string of the molecule is O[C](Cc1ccccc1)c1ccccc1. The lowest BCUT2D eigenvalue weighted by Gasteiger charge is -2.09. The molecule has 1 radical (unpaired) electrons. The van der Waals surface area contributed by atoms with E-state index in [4.69, 9.17) is 0 Å². The van der Waals surface area contributed by atoms with Crippen molar-refractivity contribution in [2.45, 2.75) is 6.42 Å². The van der Waals surface area contributed by atoms with E-state index in [1.165, 1.54) is 0 Å². The van der Waals surface area contributed by atoms with Crippen molar-refractivity contribution in [2.75, 3.05) is 0 Å². The first-order valence-electron chi connectivity index (χ1n) is 5.00. The van der Waals surface area contributed by atoms with Gasteiger partial charge in [-0.2, -0.15) is 0 Å². The van der Waals surface area contributed by atoms with Crippen LogP contribution in [0.4, 0.5) is 0 Å². The summed E-state index contributed by atoms with van der Waals surface area (Å²) in [6, 6.07) is 19.6. The van der Waals surface area contributed by atoms with Gasteiger partial charge in [-0.05, 0) is 11.1 Å². The Labute approximate surface area is 90.0 Å². The maximum atomic E-state index is 9.89. The molecule has 0 aliphatic rings. The van der Waals surface area contributed by atoms with Crippen molar-refractivity contribution in [3.05, 3.63) is 77.9 Å². The normalized spacial score (nSPS) is 10.5. The molecule has 2 rings (SSSR count). The minimum absolute atomic E-state index is 0.418. The van der Waals surface area contributed by atoms with Crippen LogP contribution >= 0.6 is 0 Å². The van der Waals surface area contributed by atoms with Gasteiger partial charge < -0.3 is 5.11 Å². The molecule has 2 aromatic carbocycles. The summed E-state index contributed by atoms with van der Waals surface area (Å²) < 4.78 is 0. The molecule has 1 heteroatoms. The van der Waals surface area contributed by atoms with Crippen molar-refractivity contribution in [1.82, 2.24) is 0 Å². The van der Waals surface area contributed by atoms with Crippen molar-refractivity contribution in [1.29, 1.82) is 0 Å². The Morgan fingerprint density at radius 1 is 0.800 bits per heavy atom. The van der Waals surface area contributed by atoms with Gasteiger partial charge in [0, 0.05) is 6.42 Å². The minimum Gasteiger partial charge on any atom is -0.381 e. The number of benzene rings is 2. The molecule has 0 bridgehead atoms. The molecule has 0 saturated heterocycles. The quantitative estimate of drug-likeness (QED) is 0.801. The van der Waals surface area contributed by atoms with Gasteiger partial charge in [0.2, 0.25) is 0 Å². The molecule has 1 nitrogen and oxygen atoms in total. The van der Waals surface area contributed by atoms with E-state index in [1.807, 2.05) is 60.7 Å². The summed E-state index contributed by atoms with van der Waals surface area (Å²) in [6.07, 6.45) is 1.01. The molecule has 0 spiro atoms. The number of aliphatic hydroxyl groups excluding tert-OH is 1. The van der Waals surface area contributed by atoms with Crippen molar-refractivity contribution in [3.8, 4) is 0 Å². The van der Waals surface area contributed by atoms with Crippen molar-refractivity contribution >= 4 is 0 Å². The Kier molecular flexibility index (Phi) is 3.15. The Morgan fingerprint density at radius 2 is 1.33 bits per heavy atom. The van der Waals surface area contributed by atoms with Gasteiger partial charge in [0.05, 0.1) is 0 Å². The van der Waals surface area contributed by atoms with Gasteiger partial charge >= 0.3 is 0 Å². The topological polar surface area (TPSA) is 20.2 Å². The maximum Gasteiger partial charge on any atom is 0.127 e. The van der Waals surface area contributed by atoms with Crippen LogP contribution in [0.15, 0.2) is 60.7 Å². The summed E-state index contributed by atoms with van der Waals surface area (Å²) in [5.41, 5.74) is 2.01. The van der Waals surface area contributed by atoms with Crippen LogP contribution in [0.2, 0.25) is 0 Å². The third kappa shape index (κ3) is 2.67. The number of aliphatic hydroxyl groups is 1. The summed E-state index contributed by atoms with van der Waals surface area (Å²) in [5.74, 6) is 0. The third-order valence-corrected chi connectivity index (χ3v) is 2.32. The fraction of sp³-hybridized carbons (Fsp3) is 0.0714. The summed E-state index contributed by atoms with van der Waals surface area (Å²) in [6.45, 7) is 0. The van der Waals surface area contributed by atoms with Crippen LogP contribution in [0.5, 0.6) is 0 Å². The Hall–Kier alpha value is -1.60. The zero-order valence-corrected chi connectivity index (χ0v) is 8.43. The predicted molar refractivity (Wildman–Crippen MR) is 60.9 cm³/mol. The monoisotopic (exact) mass is 197 g/mol. The zero-order valence-electron chi connectivity index (χ0n) is 8.43. The first kappa shape index (κ1) is 9.94. The molecule has 75 valence electrons. The summed E-state index contributed by atoms with van der Waals surface area (Å²) in [5, 5.41) is 9.89. The third-order valence-electron chi connectivity index (χ3n) is 2.32. The molecule has 0 fully saturated rings. The summed E-state index contributed by atoms with van der Waals surface area (Å²) in [4.78, 5) is 0. The van der Waals surface area contributed by atoms with Gasteiger partial charge in [0.1, 0.15) is 6.10 Å². The van der Waals surface area contributed by atoms with Gasteiger partial charge in [0.15, 0.2) is 0 Å². The molecular formula is C14H13O. The first-order chi connectivity index (χ1) is 7.36. The highest BCUT2D eigenvalue weighted by Gasteiger charge is 2.08. The second kappa shape index (κ2) is 4.76. The standard InChI is InChI=1S/C14H13O/c15-14(13-9-5-2-6-10-13)11-12-7-3-1-4-8-12/h1-10,15H,11H2. The molecular weight excluding hydrogens is 184 g/mol. The lowest BCUT2D eigenvalue weighted by molar-refractivity contribution is 0.323. The lowest BCUT2D eigenvalue weighted by atomic mass is 10.0. The highest BCUT2D eigenvalue weighted by atomic mass is 16.3. The minimum atomic E-state index is 0.418. The fourth-order valence-electron chi connectivity index (χ4n) is 1.52. The average Bonchev–Trinajstić information content (AvgIpc) is 2.31. The Bertz CT molecular complexity index is 394. The van der Waals surface area contributed by atoms with Crippen LogP contribution in [0, 0.1) is 6.10 Å². The molecule has 15 heavy (non-hydrogen) atoms. The van der Waals surface area contributed by atoms with Crippen LogP contribution in [-0.4, -0.2) is 5.11 Å². The van der Waals surface area contributed by atoms with Crippen molar-refractivity contribution in [2.24, 2.45) is 0 Å². The molecule has 0 aliphatic heterocycles. The molecule has 0 atom stereocenters. The largest absolute Gasteiger partial charge is 0.381 e. The van der Waals surface area contributed by atoms with Gasteiger partial charge in [0.25, 0.3) is 0 Å². The second-order valence-corrected chi connectivity index (χ2v) is 3.48. The molecule has 0 saturated carbocycles. The van der Waals surface area contributed by atoms with E-state index < -0.39 is 0 Å². The van der Waals surface area contributed by atoms with Gasteiger partial charge in [-0.15, -0.1) is 0 Å². The smallest absolute Gasteiger partial charge is 0.127 e. The van der Waals surface area contributed by atoms with E-state index in [9.17, 15) is 5.11 Å². The molecule has 0 amide bonds. The molecule has 0 heterocycles. The molecule has 2 aromatic rings. The molecule has 0 aliphatic carbocycles. The van der Waals surface area contributed by atoms with Crippen LogP contribution in [0.3, 0.4) is 0 Å². The van der Waals surface area contributed by atoms with E-state index in [2.05, 4.69) is 0 Å². The van der Waals surface area contributed by atoms with E-state index >= 15 is 0 Å². The highest BCUT2D eigenvalue weighted by molar-refractivity contribution is 5.30. The number of rotatable bonds is 3. The van der Waals surface area contributed by atoms with Gasteiger partial charge in [-0.3, -0.25) is 0 Å². The summed E-state index contributed by atoms with van der Waals surface area (Å²) >= 11 is 0. The number of hydrogen-bond acceptors (Lipinski definition) is 1. The van der Waals surface area contributed by atoms with Crippen LogP contribution < -0.4 is 0 Å². The van der Waals surface area contributed by atoms with Crippen LogP contribution in [0.25, 0.3) is 0 Å². The summed E-state index contributed by atoms with van der Waals surface area (Å²) in [7, 11) is 0. The van der Waals surface area contributed by atoms with Gasteiger partial charge in [-0.25, -0.2) is 0 Å². The van der Waals surface area contributed by atoms with Crippen molar-refractivity contribution in [3.63, 3.8) is 0 Å². The van der Waals surface area contributed by atoms with E-state index in [1.54, 1.807) is 0 Å². The lowest BCUT2D eigenvalue weighted by Crippen LogP contribution is -2.02. The average molecular weight is 197 g/mol. The molecule has 1 N–H and O–H groups in total. The van der Waals surface area contributed by atoms with Crippen molar-refractivity contribution < 1.29 is 5.11 Å². The Balaban J connectivity index is 2.08. The number of hydrogen-bond donors (Lipinski definition) is 1. The van der Waals surface area contributed by atoms with E-state index in [-0.39, 0.29) is 0 Å². The predicted octanol–water partition coefficient (Wildman–Crippen LogP) is 3.18. The second-order valence-electron chi connectivity index (χ2n) is 3.48. The molecule has 0 unspecified atom stereocenters.